The standard InChI is InChI=1S/C24H26N2O3S/c1-2-3-5-17-7-9-18(10-8-17)23(21-6-4-15-30-21)26-24(28)19-11-13-20(14-12-19)29-16-22(25)27/h4,6-15,23H,2-3,5,16H2,1H3,(H2,25,27)(H,26,28). The first kappa shape index (κ1) is 21.6. The third-order valence-electron chi connectivity index (χ3n) is 4.73. The highest BCUT2D eigenvalue weighted by atomic mass is 32.1. The van der Waals surface area contributed by atoms with Gasteiger partial charge in [-0.3, -0.25) is 9.59 Å². The van der Waals surface area contributed by atoms with Crippen LogP contribution in [0.3, 0.4) is 0 Å². The van der Waals surface area contributed by atoms with Crippen LogP contribution in [0, 0.1) is 0 Å². The molecule has 156 valence electrons. The Hall–Kier alpha value is -3.12. The zero-order valence-corrected chi connectivity index (χ0v) is 17.8. The van der Waals surface area contributed by atoms with E-state index in [9.17, 15) is 9.59 Å². The number of carbonyl (C=O) groups excluding carboxylic acids is 2. The molecule has 0 saturated heterocycles. The summed E-state index contributed by atoms with van der Waals surface area (Å²) in [7, 11) is 0. The van der Waals surface area contributed by atoms with Gasteiger partial charge in [-0.15, -0.1) is 11.3 Å². The first-order valence-corrected chi connectivity index (χ1v) is 10.9. The summed E-state index contributed by atoms with van der Waals surface area (Å²) in [5.74, 6) is -0.232. The molecule has 1 unspecified atom stereocenters. The number of thiophene rings is 1. The predicted molar refractivity (Wildman–Crippen MR) is 120 cm³/mol. The molecule has 0 radical (unpaired) electrons. The number of nitrogens with one attached hydrogen (secondary N) is 1. The number of carbonyl (C=O) groups is 2. The highest BCUT2D eigenvalue weighted by Gasteiger charge is 2.19. The Kier molecular flexibility index (Phi) is 7.63. The summed E-state index contributed by atoms with van der Waals surface area (Å²) in [4.78, 5) is 24.8. The molecule has 0 aliphatic rings. The van der Waals surface area contributed by atoms with E-state index in [0.717, 1.165) is 16.9 Å². The Morgan fingerprint density at radius 2 is 1.80 bits per heavy atom. The van der Waals surface area contributed by atoms with Gasteiger partial charge in [0, 0.05) is 10.4 Å². The van der Waals surface area contributed by atoms with Gasteiger partial charge in [0.15, 0.2) is 6.61 Å². The van der Waals surface area contributed by atoms with Crippen LogP contribution in [0.2, 0.25) is 0 Å². The second-order valence-electron chi connectivity index (χ2n) is 7.05. The largest absolute Gasteiger partial charge is 0.484 e. The molecule has 30 heavy (non-hydrogen) atoms. The van der Waals surface area contributed by atoms with Crippen LogP contribution >= 0.6 is 11.3 Å². The van der Waals surface area contributed by atoms with Crippen molar-refractivity contribution in [3.63, 3.8) is 0 Å². The molecule has 0 saturated carbocycles. The Bertz CT molecular complexity index is 951. The summed E-state index contributed by atoms with van der Waals surface area (Å²) >= 11 is 1.61. The van der Waals surface area contributed by atoms with Gasteiger partial charge in [-0.05, 0) is 59.7 Å². The zero-order chi connectivity index (χ0) is 21.3. The Morgan fingerprint density at radius 1 is 1.07 bits per heavy atom. The van der Waals surface area contributed by atoms with E-state index >= 15 is 0 Å². The fourth-order valence-electron chi connectivity index (χ4n) is 3.10. The van der Waals surface area contributed by atoms with Crippen molar-refractivity contribution in [1.82, 2.24) is 5.32 Å². The van der Waals surface area contributed by atoms with Gasteiger partial charge >= 0.3 is 0 Å². The average Bonchev–Trinajstić information content (AvgIpc) is 3.30. The minimum absolute atomic E-state index is 0.176. The number of benzene rings is 2. The van der Waals surface area contributed by atoms with Crippen molar-refractivity contribution in [2.45, 2.75) is 32.2 Å². The van der Waals surface area contributed by atoms with Crippen molar-refractivity contribution in [3.05, 3.63) is 87.6 Å². The lowest BCUT2D eigenvalue weighted by Gasteiger charge is -2.19. The first-order chi connectivity index (χ1) is 14.6. The van der Waals surface area contributed by atoms with E-state index in [2.05, 4.69) is 36.5 Å². The molecule has 0 spiro atoms. The van der Waals surface area contributed by atoms with Crippen LogP contribution in [0.4, 0.5) is 0 Å². The topological polar surface area (TPSA) is 81.4 Å². The lowest BCUT2D eigenvalue weighted by atomic mass is 10.0. The van der Waals surface area contributed by atoms with Crippen molar-refractivity contribution in [3.8, 4) is 5.75 Å². The van der Waals surface area contributed by atoms with E-state index in [1.165, 1.54) is 18.4 Å². The van der Waals surface area contributed by atoms with E-state index in [4.69, 9.17) is 10.5 Å². The number of aryl methyl sites for hydroxylation is 1. The third kappa shape index (κ3) is 5.94. The van der Waals surface area contributed by atoms with Crippen molar-refractivity contribution < 1.29 is 14.3 Å². The molecule has 3 N–H and O–H groups in total. The van der Waals surface area contributed by atoms with Crippen molar-refractivity contribution in [2.24, 2.45) is 5.73 Å². The summed E-state index contributed by atoms with van der Waals surface area (Å²) in [6, 6.07) is 18.9. The van der Waals surface area contributed by atoms with Crippen molar-refractivity contribution in [1.29, 1.82) is 0 Å². The van der Waals surface area contributed by atoms with E-state index in [1.54, 1.807) is 35.6 Å². The van der Waals surface area contributed by atoms with Gasteiger partial charge in [0.25, 0.3) is 11.8 Å². The fraction of sp³-hybridized carbons (Fsp3) is 0.250. The molecule has 1 aromatic heterocycles. The quantitative estimate of drug-likeness (QED) is 0.506. The second kappa shape index (κ2) is 10.6. The van der Waals surface area contributed by atoms with Crippen molar-refractivity contribution >= 4 is 23.2 Å². The molecule has 3 rings (SSSR count). The maximum absolute atomic E-state index is 12.9. The number of nitrogens with two attached hydrogens (primary N) is 1. The van der Waals surface area contributed by atoms with Crippen LogP contribution in [0.5, 0.6) is 5.75 Å². The molecule has 5 nitrogen and oxygen atoms in total. The smallest absolute Gasteiger partial charge is 0.255 e. The summed E-state index contributed by atoms with van der Waals surface area (Å²) in [6.07, 6.45) is 3.41. The van der Waals surface area contributed by atoms with E-state index in [1.807, 2.05) is 17.5 Å². The molecule has 3 aromatic rings. The van der Waals surface area contributed by atoms with E-state index in [-0.39, 0.29) is 18.6 Å². The van der Waals surface area contributed by atoms with Crippen molar-refractivity contribution in [2.75, 3.05) is 6.61 Å². The molecule has 1 atom stereocenters. The number of hydrogen-bond donors (Lipinski definition) is 2. The second-order valence-corrected chi connectivity index (χ2v) is 8.03. The molecule has 0 aliphatic heterocycles. The molecule has 0 bridgehead atoms. The normalized spacial score (nSPS) is 11.6. The van der Waals surface area contributed by atoms with Gasteiger partial charge in [0.2, 0.25) is 0 Å². The van der Waals surface area contributed by atoms with Gasteiger partial charge < -0.3 is 15.8 Å². The molecule has 2 aromatic carbocycles. The minimum atomic E-state index is -0.545. The molecular weight excluding hydrogens is 396 g/mol. The van der Waals surface area contributed by atoms with Crippen LogP contribution < -0.4 is 15.8 Å². The minimum Gasteiger partial charge on any atom is -0.484 e. The van der Waals surface area contributed by atoms with E-state index < -0.39 is 5.91 Å². The molecule has 2 amide bonds. The number of hydrogen-bond acceptors (Lipinski definition) is 4. The highest BCUT2D eigenvalue weighted by molar-refractivity contribution is 7.10. The fourth-order valence-corrected chi connectivity index (χ4v) is 3.91. The lowest BCUT2D eigenvalue weighted by molar-refractivity contribution is -0.119. The number of unbranched alkanes of at least 4 members (excludes halogenated alkanes) is 1. The Morgan fingerprint density at radius 3 is 2.40 bits per heavy atom. The van der Waals surface area contributed by atoms with Crippen LogP contribution in [-0.2, 0) is 11.2 Å². The van der Waals surface area contributed by atoms with Gasteiger partial charge in [-0.1, -0.05) is 43.7 Å². The van der Waals surface area contributed by atoms with Gasteiger partial charge in [-0.2, -0.15) is 0 Å². The Balaban J connectivity index is 1.74. The predicted octanol–water partition coefficient (Wildman–Crippen LogP) is 4.47. The van der Waals surface area contributed by atoms with Gasteiger partial charge in [-0.25, -0.2) is 0 Å². The number of rotatable bonds is 10. The summed E-state index contributed by atoms with van der Waals surface area (Å²) in [5, 5.41) is 5.15. The molecule has 1 heterocycles. The molecular formula is C24H26N2O3S. The van der Waals surface area contributed by atoms with Crippen LogP contribution in [-0.4, -0.2) is 18.4 Å². The van der Waals surface area contributed by atoms with E-state index in [0.29, 0.717) is 11.3 Å². The molecule has 0 fully saturated rings. The number of ether oxygens (including phenoxy) is 1. The van der Waals surface area contributed by atoms with Crippen LogP contribution in [0.25, 0.3) is 0 Å². The number of amides is 2. The first-order valence-electron chi connectivity index (χ1n) is 10.0. The molecule has 6 heteroatoms. The maximum Gasteiger partial charge on any atom is 0.255 e. The van der Waals surface area contributed by atoms with Gasteiger partial charge in [0.05, 0.1) is 6.04 Å². The van der Waals surface area contributed by atoms with Crippen LogP contribution in [0.15, 0.2) is 66.0 Å². The SMILES string of the molecule is CCCCc1ccc(C(NC(=O)c2ccc(OCC(N)=O)cc2)c2cccs2)cc1. The average molecular weight is 423 g/mol. The zero-order valence-electron chi connectivity index (χ0n) is 17.0. The molecule has 0 aliphatic carbocycles. The summed E-state index contributed by atoms with van der Waals surface area (Å²) in [6.45, 7) is 1.99. The lowest BCUT2D eigenvalue weighted by Crippen LogP contribution is -2.28. The maximum atomic E-state index is 12.9. The van der Waals surface area contributed by atoms with Gasteiger partial charge in [0.1, 0.15) is 5.75 Å². The number of primary amides is 1. The third-order valence-corrected chi connectivity index (χ3v) is 5.67. The monoisotopic (exact) mass is 422 g/mol. The highest BCUT2D eigenvalue weighted by Crippen LogP contribution is 2.27. The van der Waals surface area contributed by atoms with Crippen LogP contribution in [0.1, 0.15) is 52.2 Å². The summed E-state index contributed by atoms with van der Waals surface area (Å²) < 4.78 is 5.25. The summed E-state index contributed by atoms with van der Waals surface area (Å²) in [5.41, 5.74) is 7.95. The Labute approximate surface area is 180 Å².